The van der Waals surface area contributed by atoms with E-state index < -0.39 is 29.2 Å². The van der Waals surface area contributed by atoms with Gasteiger partial charge in [0.25, 0.3) is 0 Å². The van der Waals surface area contributed by atoms with Crippen LogP contribution in [0.2, 0.25) is 25.7 Å². The average Bonchev–Trinajstić information content (AvgIpc) is 3.62. The van der Waals surface area contributed by atoms with Crippen LogP contribution in [0.5, 0.6) is 11.5 Å². The Hall–Kier alpha value is -2.58. The number of esters is 2. The van der Waals surface area contributed by atoms with Crippen molar-refractivity contribution < 1.29 is 57.6 Å². The van der Waals surface area contributed by atoms with E-state index in [2.05, 4.69) is 37.2 Å². The minimum Gasteiger partial charge on any atom is -0.507 e. The summed E-state index contributed by atoms with van der Waals surface area (Å²) >= 11 is 0. The predicted octanol–water partition coefficient (Wildman–Crippen LogP) is 4.50. The summed E-state index contributed by atoms with van der Waals surface area (Å²) in [6.45, 7) is 17.4. The molecule has 0 aliphatic carbocycles. The maximum absolute atomic E-state index is 12.4. The van der Waals surface area contributed by atoms with Gasteiger partial charge in [-0.1, -0.05) is 33.5 Å². The molecule has 0 bridgehead atoms. The zero-order valence-corrected chi connectivity index (χ0v) is 34.2. The number of phenolic OH excluding ortho intramolecular Hbond substituents is 1. The SMILES string of the molecule is CCc1c(C)c2c(c(O)c1CCNCCP(=O)(O)O)C(=O)OC2.CCc1c(C)c2c(c(OCC[Si](C)(C)C)c1CCNCCP(=O)(O)O)C(=O)OC2. The summed E-state index contributed by atoms with van der Waals surface area (Å²) in [5.41, 5.74) is 8.40. The molecule has 2 aliphatic heterocycles. The standard InChI is InChI=1S/C20H34NO6PSi.C15H22NO6P/c1-6-15-14(2)17-13-27-20(22)18(17)19(26-10-12-29(3,4)5)16(15)7-8-21-9-11-28(23,24)25;1-3-10-9(2)12-8-22-15(18)13(12)14(17)11(10)4-5-16-6-7-23(19,20)21/h21H,6-13H2,1-5H3,(H2,23,24,25);16-17H,3-8H2,1-2H3,(H2,19,20,21). The minimum absolute atomic E-state index is 0.0262. The number of aromatic hydroxyl groups is 1. The highest BCUT2D eigenvalue weighted by atomic mass is 31.2. The van der Waals surface area contributed by atoms with Crippen molar-refractivity contribution in [2.75, 3.05) is 45.1 Å². The molecule has 4 rings (SSSR count). The van der Waals surface area contributed by atoms with Crippen molar-refractivity contribution in [3.63, 3.8) is 0 Å². The minimum atomic E-state index is -4.01. The van der Waals surface area contributed by atoms with Gasteiger partial charge in [-0.3, -0.25) is 9.13 Å². The van der Waals surface area contributed by atoms with Crippen molar-refractivity contribution in [2.24, 2.45) is 0 Å². The van der Waals surface area contributed by atoms with Crippen LogP contribution in [0.15, 0.2) is 0 Å². The van der Waals surface area contributed by atoms with Crippen LogP contribution < -0.4 is 15.4 Å². The second-order valence-electron chi connectivity index (χ2n) is 14.3. The molecule has 2 heterocycles. The van der Waals surface area contributed by atoms with Crippen molar-refractivity contribution in [1.29, 1.82) is 0 Å². The second kappa shape index (κ2) is 18.6. The van der Waals surface area contributed by atoms with E-state index in [-0.39, 0.29) is 55.9 Å². The lowest BCUT2D eigenvalue weighted by Crippen LogP contribution is -2.24. The van der Waals surface area contributed by atoms with E-state index in [9.17, 15) is 23.8 Å². The first-order valence-corrected chi connectivity index (χ1v) is 25.0. The summed E-state index contributed by atoms with van der Waals surface area (Å²) in [5.74, 6) is -0.217. The first kappa shape index (κ1) is 43.8. The zero-order valence-electron chi connectivity index (χ0n) is 31.4. The van der Waals surface area contributed by atoms with Gasteiger partial charge in [-0.25, -0.2) is 9.59 Å². The van der Waals surface area contributed by atoms with Crippen LogP contribution in [0.3, 0.4) is 0 Å². The highest BCUT2D eigenvalue weighted by molar-refractivity contribution is 7.52. The lowest BCUT2D eigenvalue weighted by Gasteiger charge is -2.22. The molecule has 2 aliphatic rings. The molecule has 0 spiro atoms. The molecule has 0 fully saturated rings. The van der Waals surface area contributed by atoms with Crippen molar-refractivity contribution in [2.45, 2.75) is 92.3 Å². The van der Waals surface area contributed by atoms with E-state index in [1.54, 1.807) is 0 Å². The average molecular weight is 787 g/mol. The highest BCUT2D eigenvalue weighted by Gasteiger charge is 2.33. The Labute approximate surface area is 307 Å². The molecule has 7 N–H and O–H groups in total. The van der Waals surface area contributed by atoms with Gasteiger partial charge in [-0.15, -0.1) is 0 Å². The van der Waals surface area contributed by atoms with Crippen LogP contribution >= 0.6 is 15.2 Å². The van der Waals surface area contributed by atoms with Gasteiger partial charge in [0.2, 0.25) is 0 Å². The van der Waals surface area contributed by atoms with Gasteiger partial charge in [0, 0.05) is 32.3 Å². The number of fused-ring (bicyclic) bond motifs is 2. The Morgan fingerprint density at radius 3 is 1.62 bits per heavy atom. The fourth-order valence-corrected chi connectivity index (χ4v) is 8.12. The molecule has 0 amide bonds. The van der Waals surface area contributed by atoms with Crippen LogP contribution in [-0.2, 0) is 57.5 Å². The molecule has 0 saturated carbocycles. The van der Waals surface area contributed by atoms with Crippen LogP contribution in [0, 0.1) is 13.8 Å². The Morgan fingerprint density at radius 1 is 0.712 bits per heavy atom. The van der Waals surface area contributed by atoms with Crippen molar-refractivity contribution in [3.8, 4) is 11.5 Å². The van der Waals surface area contributed by atoms with E-state index in [4.69, 9.17) is 33.8 Å². The normalized spacial score (nSPS) is 14.1. The zero-order chi connectivity index (χ0) is 39.0. The number of carbonyl (C=O) groups excluding carboxylic acids is 2. The number of hydrogen-bond donors (Lipinski definition) is 7. The van der Waals surface area contributed by atoms with Crippen molar-refractivity contribution in [3.05, 3.63) is 55.6 Å². The van der Waals surface area contributed by atoms with E-state index in [0.29, 0.717) is 49.4 Å². The van der Waals surface area contributed by atoms with E-state index >= 15 is 0 Å². The first-order chi connectivity index (χ1) is 24.2. The van der Waals surface area contributed by atoms with Crippen LogP contribution in [0.4, 0.5) is 0 Å². The third-order valence-corrected chi connectivity index (χ3v) is 12.7. The Balaban J connectivity index is 0.000000288. The van der Waals surface area contributed by atoms with Gasteiger partial charge >= 0.3 is 27.1 Å². The Kier molecular flexibility index (Phi) is 15.7. The molecule has 2 aromatic carbocycles. The number of rotatable bonds is 18. The quantitative estimate of drug-likeness (QED) is 0.0479. The maximum Gasteiger partial charge on any atom is 0.342 e. The molecule has 14 nitrogen and oxygen atoms in total. The smallest absolute Gasteiger partial charge is 0.342 e. The number of carbonyl (C=O) groups is 2. The molecule has 0 radical (unpaired) electrons. The van der Waals surface area contributed by atoms with Gasteiger partial charge in [0.15, 0.2) is 0 Å². The molecular formula is C35H56N2O12P2Si. The number of cyclic esters (lactones) is 2. The monoisotopic (exact) mass is 786 g/mol. The van der Waals surface area contributed by atoms with E-state index in [1.165, 1.54) is 5.56 Å². The number of ether oxygens (including phenoxy) is 3. The molecule has 0 saturated heterocycles. The van der Waals surface area contributed by atoms with Crippen LogP contribution in [-0.4, -0.2) is 89.8 Å². The van der Waals surface area contributed by atoms with E-state index in [0.717, 1.165) is 52.3 Å². The lowest BCUT2D eigenvalue weighted by atomic mass is 9.89. The third-order valence-electron chi connectivity index (χ3n) is 9.34. The van der Waals surface area contributed by atoms with Crippen molar-refractivity contribution in [1.82, 2.24) is 10.6 Å². The van der Waals surface area contributed by atoms with Crippen LogP contribution in [0.25, 0.3) is 0 Å². The molecule has 0 atom stereocenters. The molecular weight excluding hydrogens is 730 g/mol. The topological polar surface area (TPSA) is 221 Å². The number of hydrogen-bond acceptors (Lipinski definition) is 10. The number of benzene rings is 2. The summed E-state index contributed by atoms with van der Waals surface area (Å²) in [4.78, 5) is 59.9. The summed E-state index contributed by atoms with van der Waals surface area (Å²) in [6.07, 6.45) is 2.21. The van der Waals surface area contributed by atoms with Crippen LogP contribution in [0.1, 0.15) is 79.1 Å². The fourth-order valence-electron chi connectivity index (χ4n) is 6.51. The molecule has 2 aromatic rings. The maximum atomic E-state index is 12.4. The molecule has 292 valence electrons. The van der Waals surface area contributed by atoms with Gasteiger partial charge in [0.05, 0.1) is 18.9 Å². The fraction of sp³-hybridized carbons (Fsp3) is 0.600. The predicted molar refractivity (Wildman–Crippen MR) is 202 cm³/mol. The molecule has 0 unspecified atom stereocenters. The van der Waals surface area contributed by atoms with Gasteiger partial charge in [0.1, 0.15) is 35.8 Å². The van der Waals surface area contributed by atoms with Gasteiger partial charge in [-0.05, 0) is 92.0 Å². The summed E-state index contributed by atoms with van der Waals surface area (Å²) in [6, 6.07) is 0.992. The van der Waals surface area contributed by atoms with Gasteiger partial charge < -0.3 is 49.5 Å². The first-order valence-electron chi connectivity index (χ1n) is 17.7. The molecule has 52 heavy (non-hydrogen) atoms. The van der Waals surface area contributed by atoms with Gasteiger partial charge in [-0.2, -0.15) is 0 Å². The second-order valence-corrected chi connectivity index (χ2v) is 23.5. The molecule has 17 heteroatoms. The number of phenols is 1. The highest BCUT2D eigenvalue weighted by Crippen LogP contribution is 2.40. The largest absolute Gasteiger partial charge is 0.507 e. The van der Waals surface area contributed by atoms with Crippen molar-refractivity contribution >= 4 is 35.2 Å². The summed E-state index contributed by atoms with van der Waals surface area (Å²) < 4.78 is 38.4. The third kappa shape index (κ3) is 12.0. The summed E-state index contributed by atoms with van der Waals surface area (Å²) in [7, 11) is -9.29. The summed E-state index contributed by atoms with van der Waals surface area (Å²) in [5, 5.41) is 16.5. The van der Waals surface area contributed by atoms with E-state index in [1.807, 2.05) is 20.8 Å². The Bertz CT molecular complexity index is 1720. The Morgan fingerprint density at radius 2 is 1.15 bits per heavy atom. The molecule has 0 aromatic heterocycles. The number of nitrogens with one attached hydrogen (secondary N) is 2. The lowest BCUT2D eigenvalue weighted by molar-refractivity contribution is 0.0523.